The Labute approximate surface area is 61.9 Å². The average molecular weight is 141 g/mol. The summed E-state index contributed by atoms with van der Waals surface area (Å²) in [6, 6.07) is 0.727. The predicted molar refractivity (Wildman–Crippen MR) is 41.8 cm³/mol. The Morgan fingerprint density at radius 2 is 2.30 bits per heavy atom. The number of nitrogens with one attached hydrogen (secondary N) is 1. The molecule has 0 spiro atoms. The lowest BCUT2D eigenvalue weighted by Gasteiger charge is -2.30. The first kappa shape index (κ1) is 7.76. The third-order valence-corrected chi connectivity index (χ3v) is 1.93. The molecule has 1 aliphatic rings. The minimum Gasteiger partial charge on any atom is -0.393 e. The maximum atomic E-state index is 9.29. The summed E-state index contributed by atoms with van der Waals surface area (Å²) in [5.74, 6) is 0. The fourth-order valence-corrected chi connectivity index (χ4v) is 1.46. The number of rotatable bonds is 1. The van der Waals surface area contributed by atoms with Gasteiger partial charge in [0, 0.05) is 12.1 Å². The van der Waals surface area contributed by atoms with Crippen molar-refractivity contribution in [1.82, 2.24) is 5.32 Å². The van der Waals surface area contributed by atoms with Crippen molar-refractivity contribution < 1.29 is 5.11 Å². The third-order valence-electron chi connectivity index (χ3n) is 1.93. The number of piperidine rings is 1. The van der Waals surface area contributed by atoms with Crippen molar-refractivity contribution >= 4 is 0 Å². The van der Waals surface area contributed by atoms with Crippen LogP contribution in [0.1, 0.15) is 19.8 Å². The van der Waals surface area contributed by atoms with Gasteiger partial charge in [-0.1, -0.05) is 6.08 Å². The first-order chi connectivity index (χ1) is 4.72. The van der Waals surface area contributed by atoms with Gasteiger partial charge in [0.25, 0.3) is 0 Å². The Morgan fingerprint density at radius 1 is 1.60 bits per heavy atom. The van der Waals surface area contributed by atoms with Crippen LogP contribution in [0.4, 0.5) is 0 Å². The smallest absolute Gasteiger partial charge is 0.0572 e. The average Bonchev–Trinajstić information content (AvgIpc) is 1.85. The van der Waals surface area contributed by atoms with E-state index in [0.717, 1.165) is 12.8 Å². The van der Waals surface area contributed by atoms with E-state index in [9.17, 15) is 5.11 Å². The lowest BCUT2D eigenvalue weighted by atomic mass is 9.97. The van der Waals surface area contributed by atoms with Crippen LogP contribution in [0.2, 0.25) is 0 Å². The fraction of sp³-hybridized carbons (Fsp3) is 0.750. The molecule has 0 amide bonds. The van der Waals surface area contributed by atoms with Gasteiger partial charge >= 0.3 is 0 Å². The number of aliphatic hydroxyl groups is 1. The van der Waals surface area contributed by atoms with Crippen LogP contribution >= 0.6 is 0 Å². The minimum absolute atomic E-state index is 0.140. The zero-order valence-corrected chi connectivity index (χ0v) is 6.38. The van der Waals surface area contributed by atoms with Crippen LogP contribution in [0.25, 0.3) is 0 Å². The molecule has 1 saturated heterocycles. The number of aliphatic hydroxyl groups excluding tert-OH is 1. The van der Waals surface area contributed by atoms with E-state index in [1.54, 1.807) is 0 Å². The summed E-state index contributed by atoms with van der Waals surface area (Å²) in [7, 11) is 0. The molecule has 0 aromatic carbocycles. The van der Waals surface area contributed by atoms with Gasteiger partial charge in [0.05, 0.1) is 6.10 Å². The molecule has 1 fully saturated rings. The van der Waals surface area contributed by atoms with Crippen LogP contribution in [-0.2, 0) is 0 Å². The Morgan fingerprint density at radius 3 is 2.80 bits per heavy atom. The third kappa shape index (κ3) is 1.82. The second-order valence-corrected chi connectivity index (χ2v) is 3.04. The first-order valence-electron chi connectivity index (χ1n) is 3.79. The molecule has 1 aliphatic heterocycles. The molecule has 1 rings (SSSR count). The maximum Gasteiger partial charge on any atom is 0.0572 e. The largest absolute Gasteiger partial charge is 0.393 e. The van der Waals surface area contributed by atoms with Crippen molar-refractivity contribution in [3.05, 3.63) is 12.7 Å². The summed E-state index contributed by atoms with van der Waals surface area (Å²) < 4.78 is 0. The Hall–Kier alpha value is -0.340. The van der Waals surface area contributed by atoms with Gasteiger partial charge in [-0.25, -0.2) is 0 Å². The highest BCUT2D eigenvalue weighted by Gasteiger charge is 2.21. The topological polar surface area (TPSA) is 32.3 Å². The van der Waals surface area contributed by atoms with Gasteiger partial charge in [0.2, 0.25) is 0 Å². The molecule has 0 aromatic rings. The van der Waals surface area contributed by atoms with E-state index in [4.69, 9.17) is 0 Å². The SMILES string of the molecule is C=C[C@@H]1C[C@@H](O)C[C@@H](C)N1. The van der Waals surface area contributed by atoms with Gasteiger partial charge in [0.15, 0.2) is 0 Å². The van der Waals surface area contributed by atoms with Crippen LogP contribution in [0.5, 0.6) is 0 Å². The Bertz CT molecular complexity index is 114. The molecule has 0 radical (unpaired) electrons. The Kier molecular flexibility index (Phi) is 2.46. The van der Waals surface area contributed by atoms with Crippen LogP contribution in [0.3, 0.4) is 0 Å². The molecule has 2 nitrogen and oxygen atoms in total. The normalized spacial score (nSPS) is 41.2. The summed E-state index contributed by atoms with van der Waals surface area (Å²) in [5.41, 5.74) is 0. The van der Waals surface area contributed by atoms with Gasteiger partial charge < -0.3 is 10.4 Å². The molecule has 0 aliphatic carbocycles. The van der Waals surface area contributed by atoms with E-state index in [-0.39, 0.29) is 6.10 Å². The van der Waals surface area contributed by atoms with Crippen molar-refractivity contribution in [3.8, 4) is 0 Å². The molecule has 3 atom stereocenters. The lowest BCUT2D eigenvalue weighted by Crippen LogP contribution is -2.44. The van der Waals surface area contributed by atoms with E-state index in [1.807, 2.05) is 6.08 Å². The molecule has 0 aromatic heterocycles. The summed E-state index contributed by atoms with van der Waals surface area (Å²) in [6.45, 7) is 5.76. The molecule has 10 heavy (non-hydrogen) atoms. The molecule has 2 heteroatoms. The molecule has 1 heterocycles. The van der Waals surface area contributed by atoms with E-state index in [2.05, 4.69) is 18.8 Å². The molecule has 0 saturated carbocycles. The monoisotopic (exact) mass is 141 g/mol. The quantitative estimate of drug-likeness (QED) is 0.526. The maximum absolute atomic E-state index is 9.29. The van der Waals surface area contributed by atoms with Crippen LogP contribution in [0, 0.1) is 0 Å². The Balaban J connectivity index is 2.42. The highest BCUT2D eigenvalue weighted by Crippen LogP contribution is 2.13. The molecule has 58 valence electrons. The van der Waals surface area contributed by atoms with Gasteiger partial charge in [-0.3, -0.25) is 0 Å². The van der Waals surface area contributed by atoms with Crippen molar-refractivity contribution in [2.75, 3.05) is 0 Å². The standard InChI is InChI=1S/C8H15NO/c1-3-7-5-8(10)4-6(2)9-7/h3,6-10H,1,4-5H2,2H3/t6-,7-,8+/m1/s1. The highest BCUT2D eigenvalue weighted by atomic mass is 16.3. The van der Waals surface area contributed by atoms with Gasteiger partial charge in [0.1, 0.15) is 0 Å². The molecular weight excluding hydrogens is 126 g/mol. The first-order valence-corrected chi connectivity index (χ1v) is 3.79. The van der Waals surface area contributed by atoms with E-state index < -0.39 is 0 Å². The summed E-state index contributed by atoms with van der Waals surface area (Å²) in [4.78, 5) is 0. The van der Waals surface area contributed by atoms with Gasteiger partial charge in [-0.2, -0.15) is 0 Å². The van der Waals surface area contributed by atoms with E-state index in [1.165, 1.54) is 0 Å². The number of hydrogen-bond acceptors (Lipinski definition) is 2. The zero-order chi connectivity index (χ0) is 7.56. The highest BCUT2D eigenvalue weighted by molar-refractivity contribution is 4.93. The van der Waals surface area contributed by atoms with E-state index in [0.29, 0.717) is 12.1 Å². The second-order valence-electron chi connectivity index (χ2n) is 3.04. The van der Waals surface area contributed by atoms with E-state index >= 15 is 0 Å². The zero-order valence-electron chi connectivity index (χ0n) is 6.38. The number of hydrogen-bond donors (Lipinski definition) is 2. The van der Waals surface area contributed by atoms with Gasteiger partial charge in [-0.15, -0.1) is 6.58 Å². The second kappa shape index (κ2) is 3.17. The fourth-order valence-electron chi connectivity index (χ4n) is 1.46. The summed E-state index contributed by atoms with van der Waals surface area (Å²) in [6.07, 6.45) is 3.40. The van der Waals surface area contributed by atoms with Crippen molar-refractivity contribution in [2.45, 2.75) is 38.0 Å². The van der Waals surface area contributed by atoms with Crippen LogP contribution < -0.4 is 5.32 Å². The molecule has 2 N–H and O–H groups in total. The van der Waals surface area contributed by atoms with Crippen LogP contribution in [-0.4, -0.2) is 23.3 Å². The van der Waals surface area contributed by atoms with Crippen molar-refractivity contribution in [2.24, 2.45) is 0 Å². The minimum atomic E-state index is -0.140. The molecule has 0 unspecified atom stereocenters. The van der Waals surface area contributed by atoms with Crippen molar-refractivity contribution in [1.29, 1.82) is 0 Å². The lowest BCUT2D eigenvalue weighted by molar-refractivity contribution is 0.107. The summed E-state index contributed by atoms with van der Waals surface area (Å²) in [5, 5.41) is 12.6. The predicted octanol–water partition coefficient (Wildman–Crippen LogP) is 0.674. The van der Waals surface area contributed by atoms with Crippen molar-refractivity contribution in [3.63, 3.8) is 0 Å². The molecule has 0 bridgehead atoms. The van der Waals surface area contributed by atoms with Crippen LogP contribution in [0.15, 0.2) is 12.7 Å². The summed E-state index contributed by atoms with van der Waals surface area (Å²) >= 11 is 0. The molecular formula is C8H15NO. The van der Waals surface area contributed by atoms with Gasteiger partial charge in [-0.05, 0) is 19.8 Å².